The highest BCUT2D eigenvalue weighted by molar-refractivity contribution is 5.21. The van der Waals surface area contributed by atoms with Crippen molar-refractivity contribution in [2.75, 3.05) is 34.0 Å². The molecule has 1 heterocycles. The summed E-state index contributed by atoms with van der Waals surface area (Å²) in [4.78, 5) is 8.23. The van der Waals surface area contributed by atoms with Gasteiger partial charge in [-0.05, 0) is 0 Å². The minimum Gasteiger partial charge on any atom is -0.480 e. The van der Waals surface area contributed by atoms with Crippen molar-refractivity contribution in [1.29, 1.82) is 0 Å². The van der Waals surface area contributed by atoms with E-state index in [1.165, 1.54) is 7.11 Å². The number of nitrogens with zero attached hydrogens (tertiary/aromatic N) is 2. The van der Waals surface area contributed by atoms with Crippen molar-refractivity contribution in [2.45, 2.75) is 6.04 Å². The molecule has 0 aliphatic heterocycles. The first-order valence-corrected chi connectivity index (χ1v) is 5.21. The standard InChI is InChI=1S/C10H18N4O3/c1-15-5-6-17-7-8(14-11)9-10(16-2)13-4-3-12-9/h3-4,8,14H,5-7,11H2,1-2H3. The number of nitrogens with one attached hydrogen (secondary N) is 1. The van der Waals surface area contributed by atoms with Gasteiger partial charge < -0.3 is 14.2 Å². The van der Waals surface area contributed by atoms with E-state index in [0.717, 1.165) is 0 Å². The zero-order valence-corrected chi connectivity index (χ0v) is 10.0. The van der Waals surface area contributed by atoms with Crippen molar-refractivity contribution in [3.63, 3.8) is 0 Å². The molecule has 0 spiro atoms. The molecular formula is C10H18N4O3. The summed E-state index contributed by atoms with van der Waals surface area (Å²) in [6.45, 7) is 1.40. The third-order valence-corrected chi connectivity index (χ3v) is 2.13. The summed E-state index contributed by atoms with van der Waals surface area (Å²) in [7, 11) is 3.15. The van der Waals surface area contributed by atoms with Gasteiger partial charge in [0, 0.05) is 19.5 Å². The van der Waals surface area contributed by atoms with Crippen molar-refractivity contribution in [1.82, 2.24) is 15.4 Å². The third-order valence-electron chi connectivity index (χ3n) is 2.13. The fourth-order valence-electron chi connectivity index (χ4n) is 1.28. The maximum atomic E-state index is 5.46. The van der Waals surface area contributed by atoms with E-state index in [2.05, 4.69) is 15.4 Å². The molecule has 17 heavy (non-hydrogen) atoms. The molecule has 0 radical (unpaired) electrons. The fraction of sp³-hybridized carbons (Fsp3) is 0.600. The Hall–Kier alpha value is -1.28. The van der Waals surface area contributed by atoms with Crippen molar-refractivity contribution >= 4 is 0 Å². The number of methoxy groups -OCH3 is 2. The summed E-state index contributed by atoms with van der Waals surface area (Å²) in [6.07, 6.45) is 3.14. The van der Waals surface area contributed by atoms with Crippen LogP contribution >= 0.6 is 0 Å². The highest BCUT2D eigenvalue weighted by atomic mass is 16.5. The number of aromatic nitrogens is 2. The van der Waals surface area contributed by atoms with Crippen LogP contribution in [0.5, 0.6) is 5.88 Å². The molecule has 0 aliphatic rings. The monoisotopic (exact) mass is 242 g/mol. The zero-order chi connectivity index (χ0) is 12.5. The van der Waals surface area contributed by atoms with E-state index in [1.54, 1.807) is 19.5 Å². The molecule has 1 unspecified atom stereocenters. The lowest BCUT2D eigenvalue weighted by atomic mass is 10.2. The second-order valence-corrected chi connectivity index (χ2v) is 3.24. The van der Waals surface area contributed by atoms with Gasteiger partial charge in [-0.1, -0.05) is 0 Å². The molecule has 0 saturated carbocycles. The minimum atomic E-state index is -0.268. The second-order valence-electron chi connectivity index (χ2n) is 3.24. The van der Waals surface area contributed by atoms with Gasteiger partial charge in [-0.25, -0.2) is 10.4 Å². The Bertz CT molecular complexity index is 324. The highest BCUT2D eigenvalue weighted by Crippen LogP contribution is 2.19. The molecule has 1 aromatic heterocycles. The fourth-order valence-corrected chi connectivity index (χ4v) is 1.28. The Morgan fingerprint density at radius 3 is 2.71 bits per heavy atom. The van der Waals surface area contributed by atoms with Gasteiger partial charge in [-0.15, -0.1) is 0 Å². The van der Waals surface area contributed by atoms with Gasteiger partial charge in [0.15, 0.2) is 0 Å². The first-order chi connectivity index (χ1) is 8.33. The lowest BCUT2D eigenvalue weighted by Crippen LogP contribution is -2.32. The lowest BCUT2D eigenvalue weighted by molar-refractivity contribution is 0.0575. The van der Waals surface area contributed by atoms with Gasteiger partial charge in [-0.3, -0.25) is 10.8 Å². The SMILES string of the molecule is COCCOCC(NN)c1nccnc1OC. The summed E-state index contributed by atoms with van der Waals surface area (Å²) < 4.78 is 15.4. The molecule has 7 heteroatoms. The zero-order valence-electron chi connectivity index (χ0n) is 10.0. The summed E-state index contributed by atoms with van der Waals surface area (Å²) >= 11 is 0. The smallest absolute Gasteiger partial charge is 0.237 e. The Morgan fingerprint density at radius 2 is 2.06 bits per heavy atom. The van der Waals surface area contributed by atoms with Crippen molar-refractivity contribution in [3.05, 3.63) is 18.1 Å². The lowest BCUT2D eigenvalue weighted by Gasteiger charge is -2.16. The van der Waals surface area contributed by atoms with Crippen LogP contribution in [0.4, 0.5) is 0 Å². The highest BCUT2D eigenvalue weighted by Gasteiger charge is 2.17. The molecule has 0 aromatic carbocycles. The molecule has 0 amide bonds. The molecule has 0 aliphatic carbocycles. The molecule has 3 N–H and O–H groups in total. The molecule has 96 valence electrons. The van der Waals surface area contributed by atoms with E-state index < -0.39 is 0 Å². The topological polar surface area (TPSA) is 91.5 Å². The average molecular weight is 242 g/mol. The van der Waals surface area contributed by atoms with Crippen molar-refractivity contribution in [3.8, 4) is 5.88 Å². The minimum absolute atomic E-state index is 0.268. The van der Waals surface area contributed by atoms with Crippen LogP contribution in [0.25, 0.3) is 0 Å². The molecule has 1 atom stereocenters. The van der Waals surface area contributed by atoms with Gasteiger partial charge in [0.2, 0.25) is 5.88 Å². The van der Waals surface area contributed by atoms with Gasteiger partial charge in [0.1, 0.15) is 5.69 Å². The van der Waals surface area contributed by atoms with E-state index in [-0.39, 0.29) is 6.04 Å². The maximum absolute atomic E-state index is 5.46. The molecule has 0 bridgehead atoms. The van der Waals surface area contributed by atoms with Crippen molar-refractivity contribution < 1.29 is 14.2 Å². The third kappa shape index (κ3) is 4.23. The first-order valence-electron chi connectivity index (χ1n) is 5.21. The summed E-state index contributed by atoms with van der Waals surface area (Å²) in [5.74, 6) is 5.89. The number of rotatable bonds is 8. The molecule has 1 aromatic rings. The molecule has 1 rings (SSSR count). The molecule has 7 nitrogen and oxygen atoms in total. The van der Waals surface area contributed by atoms with Crippen LogP contribution in [0.2, 0.25) is 0 Å². The Labute approximate surface area is 100 Å². The van der Waals surface area contributed by atoms with Crippen molar-refractivity contribution in [2.24, 2.45) is 5.84 Å². The molecule has 0 fully saturated rings. The Kier molecular flexibility index (Phi) is 6.41. The van der Waals surface area contributed by atoms with Crippen LogP contribution in [-0.2, 0) is 9.47 Å². The number of ether oxygens (including phenoxy) is 3. The van der Waals surface area contributed by atoms with Crippen LogP contribution in [0.15, 0.2) is 12.4 Å². The summed E-state index contributed by atoms with van der Waals surface area (Å²) in [5.41, 5.74) is 3.24. The van der Waals surface area contributed by atoms with Crippen LogP contribution in [0.3, 0.4) is 0 Å². The average Bonchev–Trinajstić information content (AvgIpc) is 2.39. The Balaban J connectivity index is 2.59. The Morgan fingerprint density at radius 1 is 1.29 bits per heavy atom. The quantitative estimate of drug-likeness (QED) is 0.366. The first kappa shape index (κ1) is 13.8. The molecule has 0 saturated heterocycles. The van der Waals surface area contributed by atoms with E-state index in [9.17, 15) is 0 Å². The van der Waals surface area contributed by atoms with Crippen LogP contribution < -0.4 is 16.0 Å². The second kappa shape index (κ2) is 7.91. The van der Waals surface area contributed by atoms with E-state index >= 15 is 0 Å². The number of hydrogen-bond donors (Lipinski definition) is 2. The van der Waals surface area contributed by atoms with Gasteiger partial charge in [0.25, 0.3) is 0 Å². The van der Waals surface area contributed by atoms with Gasteiger partial charge in [-0.2, -0.15) is 0 Å². The van der Waals surface area contributed by atoms with E-state index in [1.807, 2.05) is 0 Å². The molecular weight excluding hydrogens is 224 g/mol. The number of hydrogen-bond acceptors (Lipinski definition) is 7. The number of nitrogens with two attached hydrogens (primary N) is 1. The van der Waals surface area contributed by atoms with E-state index in [4.69, 9.17) is 20.1 Å². The van der Waals surface area contributed by atoms with Gasteiger partial charge in [0.05, 0.1) is 33.0 Å². The predicted octanol–water partition coefficient (Wildman–Crippen LogP) is -0.347. The van der Waals surface area contributed by atoms with E-state index in [0.29, 0.717) is 31.4 Å². The van der Waals surface area contributed by atoms with Crippen LogP contribution in [-0.4, -0.2) is 44.0 Å². The number of hydrazine groups is 1. The van der Waals surface area contributed by atoms with Crippen LogP contribution in [0.1, 0.15) is 11.7 Å². The van der Waals surface area contributed by atoms with Crippen LogP contribution in [0, 0.1) is 0 Å². The summed E-state index contributed by atoms with van der Waals surface area (Å²) in [5, 5.41) is 0. The largest absolute Gasteiger partial charge is 0.480 e. The summed E-state index contributed by atoms with van der Waals surface area (Å²) in [6, 6.07) is -0.268. The normalized spacial score (nSPS) is 12.4. The van der Waals surface area contributed by atoms with Gasteiger partial charge >= 0.3 is 0 Å². The predicted molar refractivity (Wildman–Crippen MR) is 61.3 cm³/mol. The maximum Gasteiger partial charge on any atom is 0.237 e.